The summed E-state index contributed by atoms with van der Waals surface area (Å²) < 4.78 is 6.00. The summed E-state index contributed by atoms with van der Waals surface area (Å²) in [6.45, 7) is 3.50. The second-order valence-corrected chi connectivity index (χ2v) is 5.44. The number of nitrogens with two attached hydrogens (primary N) is 1. The third-order valence-electron chi connectivity index (χ3n) is 3.79. The quantitative estimate of drug-likeness (QED) is 0.914. The van der Waals surface area contributed by atoms with Crippen LogP contribution in [0.3, 0.4) is 0 Å². The monoisotopic (exact) mass is 283 g/mol. The highest BCUT2D eigenvalue weighted by Crippen LogP contribution is 2.19. The number of ether oxygens (including phenoxy) is 1. The van der Waals surface area contributed by atoms with E-state index in [-0.39, 0.29) is 6.10 Å². The molecule has 2 heterocycles. The Morgan fingerprint density at radius 1 is 1.19 bits per heavy atom. The zero-order chi connectivity index (χ0) is 14.5. The lowest BCUT2D eigenvalue weighted by Crippen LogP contribution is -2.24. The van der Waals surface area contributed by atoms with Crippen molar-refractivity contribution in [1.82, 2.24) is 9.88 Å². The maximum atomic E-state index is 6.00. The first-order valence-electron chi connectivity index (χ1n) is 7.41. The molecule has 2 N–H and O–H groups in total. The Hall–Kier alpha value is -1.91. The lowest BCUT2D eigenvalue weighted by molar-refractivity contribution is 0.197. The van der Waals surface area contributed by atoms with Gasteiger partial charge in [0.1, 0.15) is 11.9 Å². The van der Waals surface area contributed by atoms with E-state index in [1.807, 2.05) is 12.1 Å². The van der Waals surface area contributed by atoms with Crippen molar-refractivity contribution in [1.29, 1.82) is 0 Å². The lowest BCUT2D eigenvalue weighted by Gasteiger charge is -2.17. The molecule has 2 aromatic rings. The molecule has 0 bridgehead atoms. The Morgan fingerprint density at radius 3 is 2.76 bits per heavy atom. The van der Waals surface area contributed by atoms with Crippen molar-refractivity contribution in [3.63, 3.8) is 0 Å². The molecule has 110 valence electrons. The van der Waals surface area contributed by atoms with Gasteiger partial charge in [-0.2, -0.15) is 0 Å². The first kappa shape index (κ1) is 14.0. The zero-order valence-corrected chi connectivity index (χ0v) is 12.1. The highest BCUT2D eigenvalue weighted by atomic mass is 16.5. The van der Waals surface area contributed by atoms with E-state index in [2.05, 4.69) is 40.2 Å². The van der Waals surface area contributed by atoms with Crippen LogP contribution in [0.2, 0.25) is 0 Å². The predicted octanol–water partition coefficient (Wildman–Crippen LogP) is 2.19. The van der Waals surface area contributed by atoms with Gasteiger partial charge in [0.15, 0.2) is 0 Å². The van der Waals surface area contributed by atoms with Gasteiger partial charge in [-0.3, -0.25) is 9.88 Å². The standard InChI is InChI=1S/C17H21N3O/c18-10-15-6-7-16(11-19-15)21-17-8-9-20(13-17)12-14-4-2-1-3-5-14/h1-7,11,17H,8-10,12-13,18H2. The topological polar surface area (TPSA) is 51.4 Å². The van der Waals surface area contributed by atoms with E-state index in [0.29, 0.717) is 6.54 Å². The van der Waals surface area contributed by atoms with Gasteiger partial charge >= 0.3 is 0 Å². The van der Waals surface area contributed by atoms with Gasteiger partial charge in [-0.05, 0) is 24.1 Å². The van der Waals surface area contributed by atoms with Crippen molar-refractivity contribution in [2.75, 3.05) is 13.1 Å². The summed E-state index contributed by atoms with van der Waals surface area (Å²) >= 11 is 0. The second kappa shape index (κ2) is 6.70. The average Bonchev–Trinajstić information content (AvgIpc) is 2.96. The average molecular weight is 283 g/mol. The van der Waals surface area contributed by atoms with Gasteiger partial charge in [-0.1, -0.05) is 30.3 Å². The van der Waals surface area contributed by atoms with E-state index in [0.717, 1.165) is 37.5 Å². The number of rotatable bonds is 5. The van der Waals surface area contributed by atoms with Crippen LogP contribution < -0.4 is 10.5 Å². The fourth-order valence-electron chi connectivity index (χ4n) is 2.67. The largest absolute Gasteiger partial charge is 0.487 e. The van der Waals surface area contributed by atoms with E-state index in [9.17, 15) is 0 Å². The molecule has 1 aliphatic heterocycles. The van der Waals surface area contributed by atoms with Crippen LogP contribution in [-0.2, 0) is 13.1 Å². The summed E-state index contributed by atoms with van der Waals surface area (Å²) in [6, 6.07) is 14.4. The molecule has 0 amide bonds. The van der Waals surface area contributed by atoms with Crippen LogP contribution in [0.15, 0.2) is 48.7 Å². The number of hydrogen-bond donors (Lipinski definition) is 1. The summed E-state index contributed by atoms with van der Waals surface area (Å²) in [5.41, 5.74) is 7.79. The molecule has 0 radical (unpaired) electrons. The van der Waals surface area contributed by atoms with Crippen LogP contribution in [0, 0.1) is 0 Å². The highest BCUT2D eigenvalue weighted by Gasteiger charge is 2.23. The summed E-state index contributed by atoms with van der Waals surface area (Å²) in [6.07, 6.45) is 3.08. The Balaban J connectivity index is 1.52. The molecule has 4 heteroatoms. The number of pyridine rings is 1. The first-order valence-corrected chi connectivity index (χ1v) is 7.41. The molecule has 1 aromatic heterocycles. The van der Waals surface area contributed by atoms with Gasteiger partial charge < -0.3 is 10.5 Å². The van der Waals surface area contributed by atoms with Gasteiger partial charge in [-0.25, -0.2) is 0 Å². The summed E-state index contributed by atoms with van der Waals surface area (Å²) in [5, 5.41) is 0. The van der Waals surface area contributed by atoms with E-state index >= 15 is 0 Å². The van der Waals surface area contributed by atoms with Gasteiger partial charge in [-0.15, -0.1) is 0 Å². The minimum Gasteiger partial charge on any atom is -0.487 e. The smallest absolute Gasteiger partial charge is 0.138 e. The summed E-state index contributed by atoms with van der Waals surface area (Å²) in [4.78, 5) is 6.69. The maximum Gasteiger partial charge on any atom is 0.138 e. The Morgan fingerprint density at radius 2 is 2.05 bits per heavy atom. The van der Waals surface area contributed by atoms with Gasteiger partial charge in [0.05, 0.1) is 11.9 Å². The first-order chi connectivity index (χ1) is 10.3. The molecule has 0 spiro atoms. The van der Waals surface area contributed by atoms with Crippen molar-refractivity contribution in [3.8, 4) is 5.75 Å². The SMILES string of the molecule is NCc1ccc(OC2CCN(Cc3ccccc3)C2)cn1. The molecule has 0 saturated carbocycles. The second-order valence-electron chi connectivity index (χ2n) is 5.44. The van der Waals surface area contributed by atoms with Gasteiger partial charge in [0, 0.05) is 26.2 Å². The van der Waals surface area contributed by atoms with E-state index in [1.54, 1.807) is 6.20 Å². The van der Waals surface area contributed by atoms with Gasteiger partial charge in [0.2, 0.25) is 0 Å². The molecular formula is C17H21N3O. The van der Waals surface area contributed by atoms with Crippen molar-refractivity contribution in [3.05, 3.63) is 59.9 Å². The molecule has 1 aromatic carbocycles. The Bertz CT molecular complexity index is 556. The molecule has 0 aliphatic carbocycles. The van der Waals surface area contributed by atoms with Crippen LogP contribution >= 0.6 is 0 Å². The minimum atomic E-state index is 0.249. The van der Waals surface area contributed by atoms with E-state index in [4.69, 9.17) is 10.5 Å². The normalized spacial score (nSPS) is 18.8. The fourth-order valence-corrected chi connectivity index (χ4v) is 2.67. The molecule has 1 atom stereocenters. The Labute approximate surface area is 125 Å². The molecule has 3 rings (SSSR count). The lowest BCUT2D eigenvalue weighted by atomic mass is 10.2. The van der Waals surface area contributed by atoms with Crippen LogP contribution in [0.4, 0.5) is 0 Å². The zero-order valence-electron chi connectivity index (χ0n) is 12.1. The molecular weight excluding hydrogens is 262 g/mol. The van der Waals surface area contributed by atoms with E-state index < -0.39 is 0 Å². The van der Waals surface area contributed by atoms with Crippen LogP contribution in [0.1, 0.15) is 17.7 Å². The molecule has 1 aliphatic rings. The predicted molar refractivity (Wildman–Crippen MR) is 82.9 cm³/mol. The van der Waals surface area contributed by atoms with Crippen molar-refractivity contribution >= 4 is 0 Å². The summed E-state index contributed by atoms with van der Waals surface area (Å²) in [7, 11) is 0. The third-order valence-corrected chi connectivity index (χ3v) is 3.79. The Kier molecular flexibility index (Phi) is 4.48. The number of nitrogens with zero attached hydrogens (tertiary/aromatic N) is 2. The van der Waals surface area contributed by atoms with E-state index in [1.165, 1.54) is 5.56 Å². The number of hydrogen-bond acceptors (Lipinski definition) is 4. The molecule has 21 heavy (non-hydrogen) atoms. The third kappa shape index (κ3) is 3.80. The number of aromatic nitrogens is 1. The van der Waals surface area contributed by atoms with Crippen molar-refractivity contribution < 1.29 is 4.74 Å². The number of likely N-dealkylation sites (tertiary alicyclic amines) is 1. The molecule has 4 nitrogen and oxygen atoms in total. The van der Waals surface area contributed by atoms with Crippen LogP contribution in [-0.4, -0.2) is 29.1 Å². The molecule has 1 fully saturated rings. The van der Waals surface area contributed by atoms with Crippen molar-refractivity contribution in [2.45, 2.75) is 25.6 Å². The molecule has 1 unspecified atom stereocenters. The number of benzene rings is 1. The molecule has 1 saturated heterocycles. The summed E-state index contributed by atoms with van der Waals surface area (Å²) in [5.74, 6) is 0.832. The van der Waals surface area contributed by atoms with Gasteiger partial charge in [0.25, 0.3) is 0 Å². The maximum absolute atomic E-state index is 6.00. The minimum absolute atomic E-state index is 0.249. The highest BCUT2D eigenvalue weighted by molar-refractivity contribution is 5.20. The van der Waals surface area contributed by atoms with Crippen molar-refractivity contribution in [2.24, 2.45) is 5.73 Å². The fraction of sp³-hybridized carbons (Fsp3) is 0.353. The van der Waals surface area contributed by atoms with Crippen LogP contribution in [0.5, 0.6) is 5.75 Å². The van der Waals surface area contributed by atoms with Crippen LogP contribution in [0.25, 0.3) is 0 Å².